The van der Waals surface area contributed by atoms with Crippen LogP contribution in [-0.4, -0.2) is 82.6 Å². The Hall–Kier alpha value is -5.33. The summed E-state index contributed by atoms with van der Waals surface area (Å²) >= 11 is 0. The summed E-state index contributed by atoms with van der Waals surface area (Å²) in [5, 5.41) is 3.17. The number of carbonyl (C=O) groups is 2. The monoisotopic (exact) mass is 774 g/mol. The smallest absolute Gasteiger partial charge is 0.416 e. The maximum absolute atomic E-state index is 14.3. The van der Waals surface area contributed by atoms with Gasteiger partial charge in [-0.05, 0) is 72.8 Å². The molecule has 54 heavy (non-hydrogen) atoms. The van der Waals surface area contributed by atoms with Crippen LogP contribution in [0, 0.1) is 0 Å². The van der Waals surface area contributed by atoms with E-state index in [0.717, 1.165) is 24.3 Å². The number of amides is 2. The fourth-order valence-corrected chi connectivity index (χ4v) is 8.46. The SMILES string of the molecule is O=C(NN1CCN(c2ccc(C(F)(F)F)cc2)CC1)c1cccc2c1S(=O)(=O)c1c(cccc1C(=O)NN1CCN(c3ccc(C(F)(F)F)cc3)CC1)O2. The minimum Gasteiger partial charge on any atom is -0.455 e. The van der Waals surface area contributed by atoms with Gasteiger partial charge in [-0.15, -0.1) is 0 Å². The quantitative estimate of drug-likeness (QED) is 0.213. The number of alkyl halides is 6. The van der Waals surface area contributed by atoms with Gasteiger partial charge < -0.3 is 14.5 Å². The maximum atomic E-state index is 14.3. The van der Waals surface area contributed by atoms with Gasteiger partial charge >= 0.3 is 12.4 Å². The van der Waals surface area contributed by atoms with Crippen molar-refractivity contribution in [1.82, 2.24) is 20.9 Å². The molecule has 2 N–H and O–H groups in total. The lowest BCUT2D eigenvalue weighted by atomic mass is 10.1. The Bertz CT molecular complexity index is 2020. The van der Waals surface area contributed by atoms with Gasteiger partial charge in [-0.1, -0.05) is 12.1 Å². The molecule has 0 atom stereocenters. The largest absolute Gasteiger partial charge is 0.455 e. The van der Waals surface area contributed by atoms with E-state index in [9.17, 15) is 44.3 Å². The Morgan fingerprint density at radius 2 is 0.889 bits per heavy atom. The van der Waals surface area contributed by atoms with Gasteiger partial charge in [0.1, 0.15) is 21.3 Å². The second-order valence-corrected chi connectivity index (χ2v) is 14.6. The molecule has 3 heterocycles. The average molecular weight is 775 g/mol. The zero-order chi connectivity index (χ0) is 38.4. The number of hydrazine groups is 2. The molecule has 0 unspecified atom stereocenters. The zero-order valence-corrected chi connectivity index (χ0v) is 29.1. The highest BCUT2D eigenvalue weighted by Gasteiger charge is 2.40. The number of rotatable bonds is 6. The van der Waals surface area contributed by atoms with Crippen LogP contribution in [0.2, 0.25) is 0 Å². The van der Waals surface area contributed by atoms with Crippen molar-refractivity contribution in [2.75, 3.05) is 62.2 Å². The zero-order valence-electron chi connectivity index (χ0n) is 28.2. The summed E-state index contributed by atoms with van der Waals surface area (Å²) in [5.41, 5.74) is 4.70. The second-order valence-electron chi connectivity index (χ2n) is 12.8. The first-order valence-electron chi connectivity index (χ1n) is 16.7. The molecule has 2 fully saturated rings. The Kier molecular flexibility index (Phi) is 9.69. The average Bonchev–Trinajstić information content (AvgIpc) is 3.14. The predicted octanol–water partition coefficient (Wildman–Crippen LogP) is 5.60. The first-order valence-corrected chi connectivity index (χ1v) is 18.2. The summed E-state index contributed by atoms with van der Waals surface area (Å²) in [4.78, 5) is 30.1. The van der Waals surface area contributed by atoms with Crippen molar-refractivity contribution >= 4 is 33.0 Å². The lowest BCUT2D eigenvalue weighted by Gasteiger charge is -2.36. The number of nitrogens with zero attached hydrogens (tertiary/aromatic N) is 4. The molecule has 4 aromatic rings. The van der Waals surface area contributed by atoms with E-state index in [-0.39, 0.29) is 48.8 Å². The molecular weight excluding hydrogens is 742 g/mol. The first-order chi connectivity index (χ1) is 25.6. The van der Waals surface area contributed by atoms with Crippen LogP contribution in [-0.2, 0) is 22.2 Å². The molecule has 2 amide bonds. The van der Waals surface area contributed by atoms with Gasteiger partial charge in [0.25, 0.3) is 11.8 Å². The van der Waals surface area contributed by atoms with Gasteiger partial charge in [-0.2, -0.15) is 26.3 Å². The van der Waals surface area contributed by atoms with Crippen molar-refractivity contribution in [3.8, 4) is 11.5 Å². The molecule has 18 heteroatoms. The number of piperazine rings is 2. The van der Waals surface area contributed by atoms with Crippen molar-refractivity contribution in [3.05, 3.63) is 107 Å². The van der Waals surface area contributed by atoms with Crippen molar-refractivity contribution in [2.24, 2.45) is 0 Å². The third-order valence-electron chi connectivity index (χ3n) is 9.40. The predicted molar refractivity (Wildman–Crippen MR) is 184 cm³/mol. The van der Waals surface area contributed by atoms with Crippen molar-refractivity contribution in [2.45, 2.75) is 22.1 Å². The molecule has 284 valence electrons. The van der Waals surface area contributed by atoms with Gasteiger partial charge in [0.05, 0.1) is 22.3 Å². The second kappa shape index (κ2) is 14.1. The third-order valence-corrected chi connectivity index (χ3v) is 11.3. The van der Waals surface area contributed by atoms with Crippen molar-refractivity contribution in [1.29, 1.82) is 0 Å². The van der Waals surface area contributed by atoms with Crippen LogP contribution in [0.15, 0.2) is 94.7 Å². The lowest BCUT2D eigenvalue weighted by molar-refractivity contribution is -0.138. The molecule has 3 aliphatic rings. The molecule has 0 spiro atoms. The van der Waals surface area contributed by atoms with E-state index in [0.29, 0.717) is 37.6 Å². The molecule has 0 bridgehead atoms. The van der Waals surface area contributed by atoms with Crippen LogP contribution >= 0.6 is 0 Å². The first kappa shape index (κ1) is 37.0. The number of nitrogens with one attached hydrogen (secondary N) is 2. The van der Waals surface area contributed by atoms with E-state index in [2.05, 4.69) is 10.9 Å². The molecule has 3 aliphatic heterocycles. The van der Waals surface area contributed by atoms with Crippen LogP contribution in [0.5, 0.6) is 11.5 Å². The minimum absolute atomic E-state index is 0.0979. The number of halogens is 6. The molecule has 7 rings (SSSR count). The van der Waals surface area contributed by atoms with Crippen LogP contribution in [0.1, 0.15) is 31.8 Å². The number of sulfone groups is 1. The number of hydrogen-bond acceptors (Lipinski definition) is 9. The Morgan fingerprint density at radius 1 is 0.537 bits per heavy atom. The highest BCUT2D eigenvalue weighted by Crippen LogP contribution is 2.45. The normalized spacial score (nSPS) is 17.6. The Morgan fingerprint density at radius 3 is 1.22 bits per heavy atom. The third kappa shape index (κ3) is 7.40. The van der Waals surface area contributed by atoms with Crippen molar-refractivity contribution in [3.63, 3.8) is 0 Å². The molecule has 2 saturated heterocycles. The standard InChI is InChI=1S/C36H32F6N6O5S/c37-35(38,39)23-7-11-25(12-8-23)45-15-19-47(20-16-45)43-33(49)27-3-1-5-29-31(27)54(51,52)32-28(4-2-6-30(32)53-29)34(50)44-48-21-17-46(18-22-48)26-13-9-24(10-14-26)36(40,41)42/h1-14H,15-22H2,(H,43,49)(H,44,50). The highest BCUT2D eigenvalue weighted by molar-refractivity contribution is 7.92. The summed E-state index contributed by atoms with van der Waals surface area (Å²) < 4.78 is 112. The number of carbonyl (C=O) groups excluding carboxylic acids is 2. The molecule has 11 nitrogen and oxygen atoms in total. The minimum atomic E-state index is -4.51. The summed E-state index contributed by atoms with van der Waals surface area (Å²) in [6, 6.07) is 18.0. The topological polar surface area (TPSA) is 115 Å². The number of fused-ring (bicyclic) bond motifs is 2. The van der Waals surface area contributed by atoms with E-state index < -0.39 is 54.9 Å². The fraction of sp³-hybridized carbons (Fsp3) is 0.278. The van der Waals surface area contributed by atoms with Crippen LogP contribution in [0.25, 0.3) is 0 Å². The van der Waals surface area contributed by atoms with E-state index in [1.807, 2.05) is 9.80 Å². The molecule has 0 saturated carbocycles. The number of hydrogen-bond donors (Lipinski definition) is 2. The maximum Gasteiger partial charge on any atom is 0.416 e. The van der Waals surface area contributed by atoms with Gasteiger partial charge in [-0.3, -0.25) is 20.4 Å². The summed E-state index contributed by atoms with van der Waals surface area (Å²) in [5.74, 6) is -1.67. The number of benzene rings is 4. The number of anilines is 2. The van der Waals surface area contributed by atoms with Gasteiger partial charge in [0, 0.05) is 63.7 Å². The highest BCUT2D eigenvalue weighted by atomic mass is 32.2. The summed E-state index contributed by atoms with van der Waals surface area (Å²) in [6.45, 7) is 2.64. The lowest BCUT2D eigenvalue weighted by Crippen LogP contribution is -2.54. The Balaban J connectivity index is 1.02. The van der Waals surface area contributed by atoms with Crippen molar-refractivity contribution < 1.29 is 49.1 Å². The van der Waals surface area contributed by atoms with E-state index in [1.54, 1.807) is 10.0 Å². The summed E-state index contributed by atoms with van der Waals surface area (Å²) in [7, 11) is -4.51. The van der Waals surface area contributed by atoms with E-state index in [1.165, 1.54) is 60.7 Å². The van der Waals surface area contributed by atoms with Gasteiger partial charge in [0.15, 0.2) is 0 Å². The van der Waals surface area contributed by atoms with Gasteiger partial charge in [-0.25, -0.2) is 18.4 Å². The Labute approximate surface area is 305 Å². The van der Waals surface area contributed by atoms with Crippen LogP contribution in [0.4, 0.5) is 37.7 Å². The molecule has 0 aliphatic carbocycles. The number of ether oxygens (including phenoxy) is 1. The fourth-order valence-electron chi connectivity index (χ4n) is 6.61. The van der Waals surface area contributed by atoms with Crippen LogP contribution in [0.3, 0.4) is 0 Å². The van der Waals surface area contributed by atoms with E-state index in [4.69, 9.17) is 4.74 Å². The molecule has 0 aromatic heterocycles. The van der Waals surface area contributed by atoms with E-state index >= 15 is 0 Å². The summed E-state index contributed by atoms with van der Waals surface area (Å²) in [6.07, 6.45) is -8.90. The van der Waals surface area contributed by atoms with Gasteiger partial charge in [0.2, 0.25) is 9.84 Å². The molecule has 0 radical (unpaired) electrons. The molecule has 4 aromatic carbocycles. The molecular formula is C36H32F6N6O5S. The van der Waals surface area contributed by atoms with Crippen LogP contribution < -0.4 is 25.4 Å².